The molecule has 0 aliphatic rings. The van der Waals surface area contributed by atoms with E-state index in [9.17, 15) is 0 Å². The quantitative estimate of drug-likeness (QED) is 0.460. The number of rotatable bonds is 2. The van der Waals surface area contributed by atoms with Gasteiger partial charge in [0.05, 0.1) is 22.1 Å². The Labute approximate surface area is 157 Å². The molecule has 0 amide bonds. The van der Waals surface area contributed by atoms with Crippen LogP contribution < -0.4 is 0 Å². The summed E-state index contributed by atoms with van der Waals surface area (Å²) >= 11 is 0. The standard InChI is InChI=1S/C23H18N4/c1-14-12-19-20(13-15(14)2)27-23(26-19)22-21(16-8-4-3-5-9-16)24-17-10-6-7-11-18(17)25-22/h3-13H,1-2H3,(H,26,27). The Morgan fingerprint density at radius 2 is 1.26 bits per heavy atom. The number of aryl methyl sites for hydroxylation is 2. The minimum Gasteiger partial charge on any atom is -0.337 e. The van der Waals surface area contributed by atoms with Gasteiger partial charge < -0.3 is 4.98 Å². The number of aromatic amines is 1. The molecule has 4 nitrogen and oxygen atoms in total. The Bertz CT molecular complexity index is 1250. The third-order valence-corrected chi connectivity index (χ3v) is 4.94. The normalized spacial score (nSPS) is 11.3. The maximum Gasteiger partial charge on any atom is 0.159 e. The average Bonchev–Trinajstić information content (AvgIpc) is 3.10. The van der Waals surface area contributed by atoms with Crippen LogP contribution in [0.25, 0.3) is 44.8 Å². The number of imidazole rings is 1. The van der Waals surface area contributed by atoms with Crippen molar-refractivity contribution in [1.82, 2.24) is 19.9 Å². The molecule has 0 fully saturated rings. The van der Waals surface area contributed by atoms with E-state index in [-0.39, 0.29) is 0 Å². The van der Waals surface area contributed by atoms with E-state index in [1.165, 1.54) is 11.1 Å². The minimum absolute atomic E-state index is 0.743. The van der Waals surface area contributed by atoms with E-state index in [0.29, 0.717) is 0 Å². The van der Waals surface area contributed by atoms with Gasteiger partial charge in [-0.3, -0.25) is 0 Å². The highest BCUT2D eigenvalue weighted by Crippen LogP contribution is 2.31. The van der Waals surface area contributed by atoms with Crippen LogP contribution in [0.1, 0.15) is 11.1 Å². The third-order valence-electron chi connectivity index (χ3n) is 4.94. The number of aromatic nitrogens is 4. The monoisotopic (exact) mass is 350 g/mol. The molecule has 27 heavy (non-hydrogen) atoms. The number of nitrogens with zero attached hydrogens (tertiary/aromatic N) is 3. The van der Waals surface area contributed by atoms with Gasteiger partial charge in [-0.05, 0) is 49.2 Å². The summed E-state index contributed by atoms with van der Waals surface area (Å²) in [4.78, 5) is 18.1. The van der Waals surface area contributed by atoms with Crippen LogP contribution in [0.15, 0.2) is 66.7 Å². The van der Waals surface area contributed by atoms with E-state index in [1.807, 2.05) is 42.5 Å². The molecule has 0 bridgehead atoms. The molecule has 2 aromatic heterocycles. The number of para-hydroxylation sites is 2. The van der Waals surface area contributed by atoms with Crippen LogP contribution in [0.2, 0.25) is 0 Å². The molecule has 4 heteroatoms. The van der Waals surface area contributed by atoms with Gasteiger partial charge >= 0.3 is 0 Å². The van der Waals surface area contributed by atoms with Crippen molar-refractivity contribution in [3.05, 3.63) is 77.9 Å². The zero-order valence-corrected chi connectivity index (χ0v) is 15.2. The van der Waals surface area contributed by atoms with Crippen LogP contribution >= 0.6 is 0 Å². The van der Waals surface area contributed by atoms with Crippen molar-refractivity contribution in [2.45, 2.75) is 13.8 Å². The number of H-pyrrole nitrogens is 1. The summed E-state index contributed by atoms with van der Waals surface area (Å²) in [7, 11) is 0. The molecule has 0 radical (unpaired) electrons. The van der Waals surface area contributed by atoms with Gasteiger partial charge in [-0.2, -0.15) is 0 Å². The van der Waals surface area contributed by atoms with Gasteiger partial charge in [0, 0.05) is 5.56 Å². The number of hydrogen-bond acceptors (Lipinski definition) is 3. The van der Waals surface area contributed by atoms with Crippen LogP contribution in [0.4, 0.5) is 0 Å². The lowest BCUT2D eigenvalue weighted by molar-refractivity contribution is 1.23. The molecular formula is C23H18N4. The predicted octanol–water partition coefficient (Wildman–Crippen LogP) is 5.46. The molecule has 0 aliphatic carbocycles. The van der Waals surface area contributed by atoms with Crippen molar-refractivity contribution in [1.29, 1.82) is 0 Å². The van der Waals surface area contributed by atoms with Gasteiger partial charge in [0.2, 0.25) is 0 Å². The summed E-state index contributed by atoms with van der Waals surface area (Å²) < 4.78 is 0. The summed E-state index contributed by atoms with van der Waals surface area (Å²) in [5, 5.41) is 0. The molecule has 0 unspecified atom stereocenters. The summed E-state index contributed by atoms with van der Waals surface area (Å²) in [6.07, 6.45) is 0. The molecule has 2 heterocycles. The lowest BCUT2D eigenvalue weighted by atomic mass is 10.1. The number of benzene rings is 3. The second-order valence-corrected chi connectivity index (χ2v) is 6.81. The predicted molar refractivity (Wildman–Crippen MR) is 110 cm³/mol. The highest BCUT2D eigenvalue weighted by molar-refractivity contribution is 5.87. The van der Waals surface area contributed by atoms with E-state index >= 15 is 0 Å². The number of fused-ring (bicyclic) bond motifs is 2. The van der Waals surface area contributed by atoms with Crippen molar-refractivity contribution in [3.63, 3.8) is 0 Å². The van der Waals surface area contributed by atoms with Gasteiger partial charge in [0.25, 0.3) is 0 Å². The first-order valence-corrected chi connectivity index (χ1v) is 8.98. The average molecular weight is 350 g/mol. The van der Waals surface area contributed by atoms with Crippen molar-refractivity contribution in [2.24, 2.45) is 0 Å². The van der Waals surface area contributed by atoms with Gasteiger partial charge in [-0.15, -0.1) is 0 Å². The first-order chi connectivity index (χ1) is 13.2. The van der Waals surface area contributed by atoms with Gasteiger partial charge in [-0.1, -0.05) is 42.5 Å². The first-order valence-electron chi connectivity index (χ1n) is 8.98. The largest absolute Gasteiger partial charge is 0.337 e. The van der Waals surface area contributed by atoms with Crippen LogP contribution in [0.5, 0.6) is 0 Å². The van der Waals surface area contributed by atoms with E-state index in [1.54, 1.807) is 0 Å². The smallest absolute Gasteiger partial charge is 0.159 e. The second-order valence-electron chi connectivity index (χ2n) is 6.81. The van der Waals surface area contributed by atoms with Crippen LogP contribution in [-0.2, 0) is 0 Å². The van der Waals surface area contributed by atoms with Crippen molar-refractivity contribution < 1.29 is 0 Å². The summed E-state index contributed by atoms with van der Waals surface area (Å²) in [5.74, 6) is 0.743. The number of hydrogen-bond donors (Lipinski definition) is 1. The molecular weight excluding hydrogens is 332 g/mol. The minimum atomic E-state index is 0.743. The topological polar surface area (TPSA) is 54.5 Å². The van der Waals surface area contributed by atoms with E-state index in [0.717, 1.165) is 44.8 Å². The molecule has 5 rings (SSSR count). The molecule has 130 valence electrons. The van der Waals surface area contributed by atoms with Crippen molar-refractivity contribution in [2.75, 3.05) is 0 Å². The Morgan fingerprint density at radius 3 is 2.00 bits per heavy atom. The van der Waals surface area contributed by atoms with E-state index in [4.69, 9.17) is 15.0 Å². The van der Waals surface area contributed by atoms with Crippen molar-refractivity contribution >= 4 is 22.1 Å². The Morgan fingerprint density at radius 1 is 0.630 bits per heavy atom. The molecule has 0 saturated heterocycles. The first kappa shape index (κ1) is 15.7. The fourth-order valence-corrected chi connectivity index (χ4v) is 3.34. The van der Waals surface area contributed by atoms with Crippen LogP contribution in [0.3, 0.4) is 0 Å². The summed E-state index contributed by atoms with van der Waals surface area (Å²) in [6.45, 7) is 4.22. The maximum absolute atomic E-state index is 4.91. The van der Waals surface area contributed by atoms with Crippen molar-refractivity contribution in [3.8, 4) is 22.8 Å². The zero-order valence-electron chi connectivity index (χ0n) is 15.2. The fourth-order valence-electron chi connectivity index (χ4n) is 3.34. The van der Waals surface area contributed by atoms with Gasteiger partial charge in [-0.25, -0.2) is 15.0 Å². The fraction of sp³-hybridized carbons (Fsp3) is 0.0870. The Hall–Kier alpha value is -3.53. The number of nitrogens with one attached hydrogen (secondary N) is 1. The lowest BCUT2D eigenvalue weighted by Gasteiger charge is -2.08. The van der Waals surface area contributed by atoms with E-state index < -0.39 is 0 Å². The molecule has 3 aromatic carbocycles. The molecule has 0 saturated carbocycles. The molecule has 5 aromatic rings. The maximum atomic E-state index is 4.91. The Balaban J connectivity index is 1.81. The third kappa shape index (κ3) is 2.66. The van der Waals surface area contributed by atoms with E-state index in [2.05, 4.69) is 43.1 Å². The highest BCUT2D eigenvalue weighted by atomic mass is 15.0. The lowest BCUT2D eigenvalue weighted by Crippen LogP contribution is -1.96. The SMILES string of the molecule is Cc1cc2nc(-c3nc4ccccc4nc3-c3ccccc3)[nH]c2cc1C. The summed E-state index contributed by atoms with van der Waals surface area (Å²) in [6, 6.07) is 22.3. The van der Waals surface area contributed by atoms with Gasteiger partial charge in [0.15, 0.2) is 5.82 Å². The second kappa shape index (κ2) is 6.02. The van der Waals surface area contributed by atoms with Crippen LogP contribution in [-0.4, -0.2) is 19.9 Å². The van der Waals surface area contributed by atoms with Crippen LogP contribution in [0, 0.1) is 13.8 Å². The Kier molecular flexibility index (Phi) is 3.50. The molecule has 0 aliphatic heterocycles. The summed E-state index contributed by atoms with van der Waals surface area (Å²) in [5.41, 5.74) is 8.80. The van der Waals surface area contributed by atoms with Gasteiger partial charge in [0.1, 0.15) is 11.4 Å². The zero-order chi connectivity index (χ0) is 18.4. The highest BCUT2D eigenvalue weighted by Gasteiger charge is 2.16. The molecule has 0 atom stereocenters. The molecule has 0 spiro atoms. The molecule has 1 N–H and O–H groups in total.